The van der Waals surface area contributed by atoms with Crippen molar-refractivity contribution in [3.8, 4) is 0 Å². The number of hydrogen-bond donors (Lipinski definition) is 3. The van der Waals surface area contributed by atoms with Crippen LogP contribution in [0.2, 0.25) is 0 Å². The second kappa shape index (κ2) is 6.95. The molecule has 10 heteroatoms. The highest BCUT2D eigenvalue weighted by atomic mass is 16.6. The molecule has 0 bridgehead atoms. The van der Waals surface area contributed by atoms with Crippen molar-refractivity contribution in [2.24, 2.45) is 4.99 Å². The van der Waals surface area contributed by atoms with Gasteiger partial charge in [-0.05, 0) is 20.8 Å². The van der Waals surface area contributed by atoms with E-state index in [1.54, 1.807) is 25.3 Å². The number of ether oxygens (including phenoxy) is 2. The maximum absolute atomic E-state index is 12.2. The van der Waals surface area contributed by atoms with E-state index in [-0.39, 0.29) is 19.6 Å². The summed E-state index contributed by atoms with van der Waals surface area (Å²) in [6.45, 7) is 4.91. The first-order valence-electron chi connectivity index (χ1n) is 8.42. The lowest BCUT2D eigenvalue weighted by atomic mass is 10.2. The molecule has 1 aromatic heterocycles. The summed E-state index contributed by atoms with van der Waals surface area (Å²) in [6.07, 6.45) is -0.726. The molecule has 0 saturated carbocycles. The molecular weight excluding hydrogens is 344 g/mol. The summed E-state index contributed by atoms with van der Waals surface area (Å²) in [5, 5.41) is 29.6. The van der Waals surface area contributed by atoms with E-state index in [4.69, 9.17) is 9.47 Å². The molecule has 0 radical (unpaired) electrons. The van der Waals surface area contributed by atoms with Crippen LogP contribution in [0.5, 0.6) is 0 Å². The van der Waals surface area contributed by atoms with E-state index in [0.717, 1.165) is 0 Å². The Labute approximate surface area is 150 Å². The number of imidazole rings is 1. The van der Waals surface area contributed by atoms with E-state index >= 15 is 0 Å². The fraction of sp³-hybridized carbons (Fsp3) is 0.688. The summed E-state index contributed by atoms with van der Waals surface area (Å²) in [5.74, 6) is 0.333. The Morgan fingerprint density at radius 3 is 2.77 bits per heavy atom. The third-order valence-corrected chi connectivity index (χ3v) is 4.12. The summed E-state index contributed by atoms with van der Waals surface area (Å²) in [4.78, 5) is 21.9. The number of carbonyl (C=O) groups is 1. The summed E-state index contributed by atoms with van der Waals surface area (Å²) in [7, 11) is 0. The Morgan fingerprint density at radius 2 is 2.15 bits per heavy atom. The minimum atomic E-state index is -1.05. The molecule has 144 valence electrons. The molecule has 1 unspecified atom stereocenters. The number of amides is 1. The Morgan fingerprint density at radius 1 is 1.42 bits per heavy atom. The normalized spacial score (nSPS) is 28.8. The number of aliphatic imine (C=N–C) groups is 1. The molecule has 0 aliphatic carbocycles. The first kappa shape index (κ1) is 18.8. The Bertz CT molecular complexity index is 697. The molecule has 3 N–H and O–H groups in total. The molecule has 2 aliphatic heterocycles. The van der Waals surface area contributed by atoms with Gasteiger partial charge in [-0.2, -0.15) is 0 Å². The van der Waals surface area contributed by atoms with Crippen LogP contribution in [0.1, 0.15) is 45.2 Å². The zero-order chi connectivity index (χ0) is 19.1. The zero-order valence-electron chi connectivity index (χ0n) is 14.9. The van der Waals surface area contributed by atoms with E-state index in [9.17, 15) is 20.1 Å². The number of aromatic nitrogens is 2. The highest BCUT2D eigenvalue weighted by Crippen LogP contribution is 2.36. The average Bonchev–Trinajstić information content (AvgIpc) is 3.08. The number of hydrogen-bond acceptors (Lipinski definition) is 8. The first-order chi connectivity index (χ1) is 12.2. The molecule has 26 heavy (non-hydrogen) atoms. The van der Waals surface area contributed by atoms with Crippen LogP contribution in [0.3, 0.4) is 0 Å². The highest BCUT2D eigenvalue weighted by Gasteiger charge is 2.37. The monoisotopic (exact) mass is 368 g/mol. The van der Waals surface area contributed by atoms with Crippen LogP contribution in [0.25, 0.3) is 0 Å². The van der Waals surface area contributed by atoms with Crippen molar-refractivity contribution in [2.45, 2.75) is 57.3 Å². The SMILES string of the molecule is CC(C)(C)OC(=O)N1C=Nc2c(ncn2[C@H]2CC(O)[C@@H](CO)O2)[C@H](O)C1. The summed E-state index contributed by atoms with van der Waals surface area (Å²) in [6, 6.07) is 0. The van der Waals surface area contributed by atoms with Gasteiger partial charge in [0.25, 0.3) is 0 Å². The summed E-state index contributed by atoms with van der Waals surface area (Å²) < 4.78 is 12.5. The minimum Gasteiger partial charge on any atom is -0.443 e. The maximum Gasteiger partial charge on any atom is 0.415 e. The third-order valence-electron chi connectivity index (χ3n) is 4.12. The fourth-order valence-electron chi connectivity index (χ4n) is 2.88. The molecule has 3 rings (SSSR count). The molecule has 1 fully saturated rings. The molecule has 1 amide bonds. The molecule has 2 aliphatic rings. The van der Waals surface area contributed by atoms with Crippen LogP contribution in [0.4, 0.5) is 10.6 Å². The lowest BCUT2D eigenvalue weighted by Gasteiger charge is -2.24. The van der Waals surface area contributed by atoms with Gasteiger partial charge in [-0.1, -0.05) is 0 Å². The standard InChI is InChI=1S/C16H24N4O6/c1-16(2,3)26-15(24)19-5-10(23)13-14(18-7-19)20(8-17-13)12-4-9(22)11(6-21)25-12/h7-12,21-23H,4-6H2,1-3H3/t9?,10-,11-,12-/m1/s1. The van der Waals surface area contributed by atoms with E-state index in [2.05, 4.69) is 9.98 Å². The number of aliphatic hydroxyl groups excluding tert-OH is 3. The molecular formula is C16H24N4O6. The van der Waals surface area contributed by atoms with Crippen molar-refractivity contribution in [3.63, 3.8) is 0 Å². The topological polar surface area (TPSA) is 130 Å². The van der Waals surface area contributed by atoms with Crippen LogP contribution in [0, 0.1) is 0 Å². The predicted molar refractivity (Wildman–Crippen MR) is 89.9 cm³/mol. The lowest BCUT2D eigenvalue weighted by molar-refractivity contribution is -0.0438. The van der Waals surface area contributed by atoms with Gasteiger partial charge in [-0.15, -0.1) is 0 Å². The van der Waals surface area contributed by atoms with Crippen molar-refractivity contribution in [1.82, 2.24) is 14.5 Å². The molecule has 1 saturated heterocycles. The van der Waals surface area contributed by atoms with E-state index in [1.165, 1.54) is 17.6 Å². The number of aliphatic hydroxyl groups is 3. The van der Waals surface area contributed by atoms with Crippen LogP contribution in [-0.4, -0.2) is 73.2 Å². The quantitative estimate of drug-likeness (QED) is 0.692. The second-order valence-electron chi connectivity index (χ2n) is 7.37. The van der Waals surface area contributed by atoms with Crippen LogP contribution < -0.4 is 0 Å². The van der Waals surface area contributed by atoms with Gasteiger partial charge in [0.1, 0.15) is 36.1 Å². The predicted octanol–water partition coefficient (Wildman–Crippen LogP) is 0.468. The van der Waals surface area contributed by atoms with Gasteiger partial charge in [-0.3, -0.25) is 9.47 Å². The highest BCUT2D eigenvalue weighted by molar-refractivity contribution is 5.84. The van der Waals surface area contributed by atoms with Crippen LogP contribution >= 0.6 is 0 Å². The van der Waals surface area contributed by atoms with E-state index < -0.39 is 36.2 Å². The minimum absolute atomic E-state index is 0.0458. The Kier molecular flexibility index (Phi) is 5.02. The third kappa shape index (κ3) is 3.73. The maximum atomic E-state index is 12.2. The van der Waals surface area contributed by atoms with Crippen LogP contribution in [0.15, 0.2) is 11.3 Å². The van der Waals surface area contributed by atoms with Gasteiger partial charge >= 0.3 is 6.09 Å². The fourth-order valence-corrected chi connectivity index (χ4v) is 2.88. The molecule has 0 aromatic carbocycles. The zero-order valence-corrected chi connectivity index (χ0v) is 14.9. The van der Waals surface area contributed by atoms with Crippen molar-refractivity contribution in [3.05, 3.63) is 12.0 Å². The number of fused-ring (bicyclic) bond motifs is 1. The lowest BCUT2D eigenvalue weighted by Crippen LogP contribution is -2.37. The van der Waals surface area contributed by atoms with Gasteiger partial charge in [0, 0.05) is 6.42 Å². The average molecular weight is 368 g/mol. The second-order valence-corrected chi connectivity index (χ2v) is 7.37. The largest absolute Gasteiger partial charge is 0.443 e. The molecule has 4 atom stereocenters. The molecule has 0 spiro atoms. The smallest absolute Gasteiger partial charge is 0.415 e. The van der Waals surface area contributed by atoms with Crippen molar-refractivity contribution in [2.75, 3.05) is 13.2 Å². The Balaban J connectivity index is 1.83. The van der Waals surface area contributed by atoms with Crippen molar-refractivity contribution >= 4 is 18.2 Å². The van der Waals surface area contributed by atoms with Crippen LogP contribution in [-0.2, 0) is 9.47 Å². The van der Waals surface area contributed by atoms with Gasteiger partial charge < -0.3 is 24.8 Å². The van der Waals surface area contributed by atoms with Gasteiger partial charge in [0.15, 0.2) is 5.82 Å². The van der Waals surface area contributed by atoms with Crippen molar-refractivity contribution in [1.29, 1.82) is 0 Å². The molecule has 10 nitrogen and oxygen atoms in total. The van der Waals surface area contributed by atoms with E-state index in [1.807, 2.05) is 0 Å². The number of rotatable bonds is 2. The van der Waals surface area contributed by atoms with Gasteiger partial charge in [0.05, 0.1) is 25.6 Å². The number of nitrogens with zero attached hydrogens (tertiary/aromatic N) is 4. The van der Waals surface area contributed by atoms with E-state index in [0.29, 0.717) is 11.5 Å². The molecule has 1 aromatic rings. The molecule has 3 heterocycles. The van der Waals surface area contributed by atoms with Gasteiger partial charge in [0.2, 0.25) is 0 Å². The summed E-state index contributed by atoms with van der Waals surface area (Å²) in [5.41, 5.74) is -0.367. The van der Waals surface area contributed by atoms with Crippen molar-refractivity contribution < 1.29 is 29.6 Å². The number of β-amino-alcohol motifs (C(OH)–C–C–N with tert-alkyl or cyclic N) is 1. The number of carbonyl (C=O) groups excluding carboxylic acids is 1. The Hall–Kier alpha value is -2.01. The van der Waals surface area contributed by atoms with Gasteiger partial charge in [-0.25, -0.2) is 14.8 Å². The summed E-state index contributed by atoms with van der Waals surface area (Å²) >= 11 is 0. The first-order valence-corrected chi connectivity index (χ1v) is 8.42.